The van der Waals surface area contributed by atoms with Crippen molar-refractivity contribution in [2.75, 3.05) is 0 Å². The number of phenols is 1. The Hall–Kier alpha value is -3.94. The standard InChI is InChI=1S/C18H11N3O5/c22-17-10-12(11-5-7-13(8-6-11)21(25)26)9-16-18(17)20(24)15-4-2-1-3-14(15)19(16)23/h1-10,22H. The van der Waals surface area contributed by atoms with E-state index < -0.39 is 4.92 Å². The number of rotatable bonds is 2. The number of nitrogens with zero attached hydrogens (tertiary/aromatic N) is 3. The average molecular weight is 349 g/mol. The molecule has 1 aromatic heterocycles. The van der Waals surface area contributed by atoms with Crippen molar-refractivity contribution in [3.8, 4) is 16.9 Å². The highest BCUT2D eigenvalue weighted by Gasteiger charge is 2.25. The Kier molecular flexibility index (Phi) is 3.33. The van der Waals surface area contributed by atoms with Crippen LogP contribution in [0.2, 0.25) is 0 Å². The second-order valence-electron chi connectivity index (χ2n) is 5.74. The minimum atomic E-state index is -0.514. The van der Waals surface area contributed by atoms with Crippen molar-refractivity contribution >= 4 is 27.8 Å². The first kappa shape index (κ1) is 15.6. The van der Waals surface area contributed by atoms with Crippen molar-refractivity contribution in [2.24, 2.45) is 0 Å². The molecular weight excluding hydrogens is 338 g/mol. The number of non-ortho nitro benzene ring substituents is 1. The van der Waals surface area contributed by atoms with E-state index in [1.165, 1.54) is 48.5 Å². The van der Waals surface area contributed by atoms with Gasteiger partial charge in [-0.3, -0.25) is 10.1 Å². The largest absolute Gasteiger partial charge is 0.617 e. The van der Waals surface area contributed by atoms with Crippen LogP contribution in [0.25, 0.3) is 33.2 Å². The lowest BCUT2D eigenvalue weighted by atomic mass is 10.0. The molecule has 8 heteroatoms. The van der Waals surface area contributed by atoms with Crippen LogP contribution in [-0.2, 0) is 0 Å². The van der Waals surface area contributed by atoms with E-state index in [-0.39, 0.29) is 33.5 Å². The summed E-state index contributed by atoms with van der Waals surface area (Å²) in [4.78, 5) is 10.3. The van der Waals surface area contributed by atoms with E-state index in [0.717, 1.165) is 0 Å². The normalized spacial score (nSPS) is 11.1. The molecule has 0 aliphatic carbocycles. The first-order valence-corrected chi connectivity index (χ1v) is 7.63. The summed E-state index contributed by atoms with van der Waals surface area (Å²) in [5.74, 6) is -0.346. The molecule has 0 saturated heterocycles. The molecule has 0 atom stereocenters. The van der Waals surface area contributed by atoms with Crippen LogP contribution in [0.1, 0.15) is 0 Å². The van der Waals surface area contributed by atoms with Gasteiger partial charge in [-0.1, -0.05) is 12.1 Å². The minimum absolute atomic E-state index is 0.00653. The SMILES string of the molecule is O=[N+]([O-])c1ccc(-c2cc(O)c3c(c2)[n+]([O-])c2ccccc2[n+]3[O-])cc1. The maximum Gasteiger partial charge on any atom is 0.332 e. The summed E-state index contributed by atoms with van der Waals surface area (Å²) in [5, 5.41) is 46.3. The van der Waals surface area contributed by atoms with Crippen molar-refractivity contribution in [2.45, 2.75) is 0 Å². The fourth-order valence-electron chi connectivity index (χ4n) is 2.97. The maximum absolute atomic E-state index is 12.7. The van der Waals surface area contributed by atoms with Crippen molar-refractivity contribution in [1.82, 2.24) is 0 Å². The molecule has 1 N–H and O–H groups in total. The van der Waals surface area contributed by atoms with Gasteiger partial charge in [0.25, 0.3) is 22.2 Å². The Morgan fingerprint density at radius 3 is 2.04 bits per heavy atom. The molecule has 0 radical (unpaired) electrons. The van der Waals surface area contributed by atoms with Crippen LogP contribution < -0.4 is 9.46 Å². The van der Waals surface area contributed by atoms with Crippen LogP contribution in [0.3, 0.4) is 0 Å². The molecule has 0 saturated carbocycles. The van der Waals surface area contributed by atoms with Gasteiger partial charge >= 0.3 is 5.52 Å². The van der Waals surface area contributed by atoms with E-state index in [2.05, 4.69) is 0 Å². The van der Waals surface area contributed by atoms with Gasteiger partial charge in [0.1, 0.15) is 0 Å². The third-order valence-electron chi connectivity index (χ3n) is 4.22. The number of hydrogen-bond acceptors (Lipinski definition) is 5. The Labute approximate surface area is 146 Å². The summed E-state index contributed by atoms with van der Waals surface area (Å²) < 4.78 is 1.11. The summed E-state index contributed by atoms with van der Waals surface area (Å²) in [6.45, 7) is 0. The van der Waals surface area contributed by atoms with Gasteiger partial charge in [0.05, 0.1) is 4.92 Å². The molecule has 0 unspecified atom stereocenters. The number of phenolic OH excluding ortho intramolecular Hbond substituents is 1. The topological polar surface area (TPSA) is 117 Å². The van der Waals surface area contributed by atoms with E-state index in [4.69, 9.17) is 0 Å². The van der Waals surface area contributed by atoms with Crippen LogP contribution in [0.5, 0.6) is 5.75 Å². The van der Waals surface area contributed by atoms with Gasteiger partial charge in [-0.25, -0.2) is 0 Å². The van der Waals surface area contributed by atoms with Gasteiger partial charge in [0, 0.05) is 30.3 Å². The highest BCUT2D eigenvalue weighted by Crippen LogP contribution is 2.30. The Morgan fingerprint density at radius 1 is 0.808 bits per heavy atom. The van der Waals surface area contributed by atoms with Gasteiger partial charge in [-0.05, 0) is 29.3 Å². The quantitative estimate of drug-likeness (QED) is 0.196. The molecule has 3 aromatic carbocycles. The third-order valence-corrected chi connectivity index (χ3v) is 4.22. The van der Waals surface area contributed by atoms with Crippen molar-refractivity contribution in [1.29, 1.82) is 0 Å². The lowest BCUT2D eigenvalue weighted by Crippen LogP contribution is -2.39. The molecule has 0 spiro atoms. The summed E-state index contributed by atoms with van der Waals surface area (Å²) in [7, 11) is 0. The molecule has 0 amide bonds. The number of aromatic nitrogens is 2. The fraction of sp³-hybridized carbons (Fsp3) is 0. The zero-order valence-electron chi connectivity index (χ0n) is 13.2. The van der Waals surface area contributed by atoms with Gasteiger partial charge in [0.2, 0.25) is 0 Å². The van der Waals surface area contributed by atoms with Crippen LogP contribution >= 0.6 is 0 Å². The predicted molar refractivity (Wildman–Crippen MR) is 93.1 cm³/mol. The fourth-order valence-corrected chi connectivity index (χ4v) is 2.97. The first-order valence-electron chi connectivity index (χ1n) is 7.63. The van der Waals surface area contributed by atoms with Crippen molar-refractivity contribution in [3.63, 3.8) is 0 Å². The van der Waals surface area contributed by atoms with Crippen LogP contribution in [-0.4, -0.2) is 10.0 Å². The van der Waals surface area contributed by atoms with Gasteiger partial charge in [-0.2, -0.15) is 9.46 Å². The molecule has 0 bridgehead atoms. The predicted octanol–water partition coefficient (Wildman–Crippen LogP) is 2.54. The lowest BCUT2D eigenvalue weighted by molar-refractivity contribution is -0.591. The molecular formula is C18H11N3O5. The second-order valence-corrected chi connectivity index (χ2v) is 5.74. The molecule has 4 aromatic rings. The van der Waals surface area contributed by atoms with E-state index in [0.29, 0.717) is 20.6 Å². The number of fused-ring (bicyclic) bond motifs is 2. The number of aromatic hydroxyl groups is 1. The lowest BCUT2D eigenvalue weighted by Gasteiger charge is -2.10. The summed E-state index contributed by atoms with van der Waals surface area (Å²) in [6.07, 6.45) is 0. The van der Waals surface area contributed by atoms with Crippen LogP contribution in [0.15, 0.2) is 60.7 Å². The molecule has 1 heterocycles. The van der Waals surface area contributed by atoms with Gasteiger partial charge in [0.15, 0.2) is 5.75 Å². The van der Waals surface area contributed by atoms with Gasteiger partial charge < -0.3 is 15.5 Å². The minimum Gasteiger partial charge on any atom is -0.617 e. The van der Waals surface area contributed by atoms with Crippen LogP contribution in [0.4, 0.5) is 5.69 Å². The van der Waals surface area contributed by atoms with Gasteiger partial charge in [-0.15, -0.1) is 0 Å². The molecule has 0 fully saturated rings. The monoisotopic (exact) mass is 349 g/mol. The highest BCUT2D eigenvalue weighted by molar-refractivity contribution is 5.85. The maximum atomic E-state index is 12.7. The Balaban J connectivity index is 2.00. The molecule has 0 aliphatic rings. The van der Waals surface area contributed by atoms with Crippen molar-refractivity contribution in [3.05, 3.63) is 81.2 Å². The molecule has 128 valence electrons. The molecule has 0 aliphatic heterocycles. The number of hydrogen-bond donors (Lipinski definition) is 1. The smallest absolute Gasteiger partial charge is 0.332 e. The Morgan fingerprint density at radius 2 is 1.42 bits per heavy atom. The number of nitro benzene ring substituents is 1. The third kappa shape index (κ3) is 2.24. The van der Waals surface area contributed by atoms with Crippen LogP contribution in [0, 0.1) is 20.5 Å². The number of para-hydroxylation sites is 2. The first-order chi connectivity index (χ1) is 12.5. The second kappa shape index (κ2) is 5.55. The Bertz CT molecular complexity index is 1190. The van der Waals surface area contributed by atoms with E-state index >= 15 is 0 Å². The number of benzene rings is 3. The van der Waals surface area contributed by atoms with E-state index in [1.807, 2.05) is 0 Å². The summed E-state index contributed by atoms with van der Waals surface area (Å²) in [6, 6.07) is 14.8. The highest BCUT2D eigenvalue weighted by atomic mass is 16.6. The number of nitro groups is 1. The van der Waals surface area contributed by atoms with E-state index in [1.54, 1.807) is 12.1 Å². The van der Waals surface area contributed by atoms with E-state index in [9.17, 15) is 25.6 Å². The molecule has 8 nitrogen and oxygen atoms in total. The average Bonchev–Trinajstić information content (AvgIpc) is 2.65. The molecule has 4 rings (SSSR count). The zero-order valence-corrected chi connectivity index (χ0v) is 13.2. The van der Waals surface area contributed by atoms with Crippen molar-refractivity contribution < 1.29 is 19.5 Å². The molecule has 26 heavy (non-hydrogen) atoms. The zero-order chi connectivity index (χ0) is 18.4. The summed E-state index contributed by atoms with van der Waals surface area (Å²) >= 11 is 0. The summed E-state index contributed by atoms with van der Waals surface area (Å²) in [5.41, 5.74) is 1.16.